The smallest absolute Gasteiger partial charge is 0.266 e. The molecule has 0 spiro atoms. The second-order valence-corrected chi connectivity index (χ2v) is 6.62. The van der Waals surface area contributed by atoms with Gasteiger partial charge in [0, 0.05) is 36.2 Å². The molecule has 0 saturated heterocycles. The first kappa shape index (κ1) is 19.3. The minimum atomic E-state index is -0.238. The normalized spacial score (nSPS) is 10.7. The van der Waals surface area contributed by atoms with Gasteiger partial charge in [0.15, 0.2) is 0 Å². The van der Waals surface area contributed by atoms with Crippen LogP contribution in [0.3, 0.4) is 0 Å². The summed E-state index contributed by atoms with van der Waals surface area (Å²) in [5.41, 5.74) is 2.67. The van der Waals surface area contributed by atoms with E-state index in [1.54, 1.807) is 37.3 Å². The van der Waals surface area contributed by atoms with E-state index in [2.05, 4.69) is 20.6 Å². The highest BCUT2D eigenvalue weighted by Crippen LogP contribution is 2.16. The summed E-state index contributed by atoms with van der Waals surface area (Å²) < 4.78 is 6.32. The van der Waals surface area contributed by atoms with Gasteiger partial charge in [-0.25, -0.2) is 4.68 Å². The molecule has 1 N–H and O–H groups in total. The van der Waals surface area contributed by atoms with E-state index in [9.17, 15) is 9.59 Å². The van der Waals surface area contributed by atoms with E-state index in [4.69, 9.17) is 4.52 Å². The molecule has 4 rings (SSSR count). The van der Waals surface area contributed by atoms with Crippen LogP contribution in [0.5, 0.6) is 0 Å². The van der Waals surface area contributed by atoms with Crippen LogP contribution in [0, 0.1) is 6.92 Å². The number of aromatic nitrogens is 4. The number of rotatable bonds is 6. The molecule has 30 heavy (non-hydrogen) atoms. The Balaban J connectivity index is 1.38. The zero-order valence-electron chi connectivity index (χ0n) is 16.3. The second kappa shape index (κ2) is 8.52. The molecule has 0 aliphatic carbocycles. The van der Waals surface area contributed by atoms with E-state index in [1.165, 1.54) is 10.7 Å². The van der Waals surface area contributed by atoms with Crippen molar-refractivity contribution in [1.29, 1.82) is 0 Å². The summed E-state index contributed by atoms with van der Waals surface area (Å²) in [5.74, 6) is 0.716. The first-order valence-electron chi connectivity index (χ1n) is 9.43. The van der Waals surface area contributed by atoms with Gasteiger partial charge in [-0.05, 0) is 18.2 Å². The van der Waals surface area contributed by atoms with Crippen LogP contribution in [0.1, 0.15) is 16.2 Å². The predicted octanol–water partition coefficient (Wildman–Crippen LogP) is 2.70. The molecule has 0 aliphatic heterocycles. The molecule has 4 aromatic rings. The van der Waals surface area contributed by atoms with E-state index < -0.39 is 0 Å². The number of benzene rings is 2. The molecule has 0 radical (unpaired) electrons. The summed E-state index contributed by atoms with van der Waals surface area (Å²) in [6.07, 6.45) is 0. The van der Waals surface area contributed by atoms with Gasteiger partial charge in [-0.1, -0.05) is 47.6 Å². The van der Waals surface area contributed by atoms with Crippen molar-refractivity contribution in [3.05, 3.63) is 88.5 Å². The van der Waals surface area contributed by atoms with Crippen LogP contribution in [0.4, 0.5) is 0 Å². The van der Waals surface area contributed by atoms with E-state index in [0.29, 0.717) is 23.0 Å². The molecule has 8 heteroatoms. The van der Waals surface area contributed by atoms with Gasteiger partial charge in [-0.2, -0.15) is 10.1 Å². The van der Waals surface area contributed by atoms with E-state index in [0.717, 1.165) is 11.1 Å². The van der Waals surface area contributed by atoms with Crippen molar-refractivity contribution < 1.29 is 9.32 Å². The largest absolute Gasteiger partial charge is 0.350 e. The predicted molar refractivity (Wildman–Crippen MR) is 111 cm³/mol. The molecule has 0 unspecified atom stereocenters. The zero-order chi connectivity index (χ0) is 20.9. The minimum absolute atomic E-state index is 0.219. The van der Waals surface area contributed by atoms with Crippen LogP contribution in [-0.4, -0.2) is 32.4 Å². The van der Waals surface area contributed by atoms with Gasteiger partial charge in [0.2, 0.25) is 11.7 Å². The summed E-state index contributed by atoms with van der Waals surface area (Å²) in [4.78, 5) is 28.6. The number of aryl methyl sites for hydroxylation is 1. The Morgan fingerprint density at radius 3 is 2.47 bits per heavy atom. The van der Waals surface area contributed by atoms with Crippen LogP contribution in [0.25, 0.3) is 22.6 Å². The molecule has 2 aromatic carbocycles. The van der Waals surface area contributed by atoms with Crippen molar-refractivity contribution in [3.63, 3.8) is 0 Å². The van der Waals surface area contributed by atoms with Gasteiger partial charge in [0.1, 0.15) is 0 Å². The molecule has 2 aromatic heterocycles. The lowest BCUT2D eigenvalue weighted by atomic mass is 10.1. The minimum Gasteiger partial charge on any atom is -0.350 e. The van der Waals surface area contributed by atoms with Gasteiger partial charge in [0.25, 0.3) is 11.5 Å². The molecule has 2 heterocycles. The Bertz CT molecular complexity index is 1210. The number of amides is 1. The Labute approximate surface area is 172 Å². The molecule has 150 valence electrons. The number of nitrogens with one attached hydrogen (secondary N) is 1. The Kier molecular flexibility index (Phi) is 5.47. The lowest BCUT2D eigenvalue weighted by Gasteiger charge is -2.09. The van der Waals surface area contributed by atoms with Crippen molar-refractivity contribution in [2.24, 2.45) is 0 Å². The van der Waals surface area contributed by atoms with Crippen LogP contribution in [0.15, 0.2) is 76.0 Å². The van der Waals surface area contributed by atoms with Gasteiger partial charge in [-0.15, -0.1) is 0 Å². The molecule has 1 amide bonds. The fourth-order valence-electron chi connectivity index (χ4n) is 2.94. The lowest BCUT2D eigenvalue weighted by Crippen LogP contribution is -2.31. The summed E-state index contributed by atoms with van der Waals surface area (Å²) >= 11 is 0. The fourth-order valence-corrected chi connectivity index (χ4v) is 2.94. The first-order chi connectivity index (χ1) is 14.6. The first-order valence-corrected chi connectivity index (χ1v) is 9.43. The third kappa shape index (κ3) is 4.33. The van der Waals surface area contributed by atoms with Crippen molar-refractivity contribution in [2.75, 3.05) is 6.54 Å². The number of carbonyl (C=O) groups excluding carboxylic acids is 1. The Morgan fingerprint density at radius 2 is 1.77 bits per heavy atom. The second-order valence-electron chi connectivity index (χ2n) is 6.62. The van der Waals surface area contributed by atoms with Gasteiger partial charge in [-0.3, -0.25) is 9.59 Å². The summed E-state index contributed by atoms with van der Waals surface area (Å²) in [7, 11) is 0. The molecule has 0 fully saturated rings. The monoisotopic (exact) mass is 401 g/mol. The summed E-state index contributed by atoms with van der Waals surface area (Å²) in [5, 5.41) is 11.1. The van der Waals surface area contributed by atoms with Crippen molar-refractivity contribution in [1.82, 2.24) is 25.2 Å². The number of carbonyl (C=O) groups is 1. The maximum absolute atomic E-state index is 12.4. The summed E-state index contributed by atoms with van der Waals surface area (Å²) in [6.45, 7) is 2.26. The molecular formula is C22H19N5O3. The average Bonchev–Trinajstić information content (AvgIpc) is 3.22. The number of nitrogens with zero attached hydrogens (tertiary/aromatic N) is 4. The van der Waals surface area contributed by atoms with Crippen LogP contribution < -0.4 is 10.9 Å². The van der Waals surface area contributed by atoms with E-state index in [1.807, 2.05) is 30.3 Å². The van der Waals surface area contributed by atoms with Gasteiger partial charge >= 0.3 is 0 Å². The Hall–Kier alpha value is -4.07. The number of hydrogen-bond donors (Lipinski definition) is 1. The zero-order valence-corrected chi connectivity index (χ0v) is 16.3. The lowest BCUT2D eigenvalue weighted by molar-refractivity contribution is 0.0952. The standard InChI is InChI=1S/C22H19N5O3/c1-15-24-21(26-30-15)17-7-9-18(10-8-17)22(29)23-13-14-27-20(28)12-11-19(25-27)16-5-3-2-4-6-16/h2-12H,13-14H2,1H3,(H,23,29). The SMILES string of the molecule is Cc1nc(-c2ccc(C(=O)NCCn3nc(-c4ccccc4)ccc3=O)cc2)no1. The third-order valence-electron chi connectivity index (χ3n) is 4.48. The van der Waals surface area contributed by atoms with Gasteiger partial charge < -0.3 is 9.84 Å². The van der Waals surface area contributed by atoms with Crippen molar-refractivity contribution >= 4 is 5.91 Å². The molecule has 0 aliphatic rings. The van der Waals surface area contributed by atoms with Crippen LogP contribution in [-0.2, 0) is 6.54 Å². The maximum Gasteiger partial charge on any atom is 0.266 e. The molecule has 8 nitrogen and oxygen atoms in total. The molecule has 0 atom stereocenters. The highest BCUT2D eigenvalue weighted by atomic mass is 16.5. The van der Waals surface area contributed by atoms with Gasteiger partial charge in [0.05, 0.1) is 12.2 Å². The van der Waals surface area contributed by atoms with E-state index in [-0.39, 0.29) is 24.6 Å². The van der Waals surface area contributed by atoms with Crippen LogP contribution in [0.2, 0.25) is 0 Å². The highest BCUT2D eigenvalue weighted by molar-refractivity contribution is 5.94. The summed E-state index contributed by atoms with van der Waals surface area (Å²) in [6, 6.07) is 19.7. The molecular weight excluding hydrogens is 382 g/mol. The van der Waals surface area contributed by atoms with Crippen molar-refractivity contribution in [3.8, 4) is 22.6 Å². The average molecular weight is 401 g/mol. The fraction of sp³-hybridized carbons (Fsp3) is 0.136. The quantitative estimate of drug-likeness (QED) is 0.533. The van der Waals surface area contributed by atoms with Crippen molar-refractivity contribution in [2.45, 2.75) is 13.5 Å². The Morgan fingerprint density at radius 1 is 1.00 bits per heavy atom. The van der Waals surface area contributed by atoms with Crippen LogP contribution >= 0.6 is 0 Å². The highest BCUT2D eigenvalue weighted by Gasteiger charge is 2.09. The topological polar surface area (TPSA) is 103 Å². The maximum atomic E-state index is 12.4. The van der Waals surface area contributed by atoms with E-state index >= 15 is 0 Å². The molecule has 0 saturated carbocycles. The number of hydrogen-bond acceptors (Lipinski definition) is 6. The molecule has 0 bridgehead atoms. The third-order valence-corrected chi connectivity index (χ3v) is 4.48.